The van der Waals surface area contributed by atoms with Gasteiger partial charge in [0.1, 0.15) is 13.1 Å². The van der Waals surface area contributed by atoms with Gasteiger partial charge in [-0.3, -0.25) is 9.59 Å². The average Bonchev–Trinajstić information content (AvgIpc) is 3.30. The Labute approximate surface area is 229 Å². The van der Waals surface area contributed by atoms with Crippen molar-refractivity contribution in [3.05, 3.63) is 58.3 Å². The number of amides is 3. The zero-order valence-electron chi connectivity index (χ0n) is 22.5. The maximum atomic E-state index is 13.5. The van der Waals surface area contributed by atoms with E-state index in [4.69, 9.17) is 4.74 Å². The summed E-state index contributed by atoms with van der Waals surface area (Å²) in [4.78, 5) is 41.4. The molecule has 0 aliphatic heterocycles. The molecule has 1 heterocycles. The van der Waals surface area contributed by atoms with Crippen molar-refractivity contribution < 1.29 is 19.1 Å². The Balaban J connectivity index is 2.12. The Hall–Kier alpha value is -2.81. The Morgan fingerprint density at radius 2 is 1.78 bits per heavy atom. The van der Waals surface area contributed by atoms with Gasteiger partial charge in [-0.25, -0.2) is 4.79 Å². The number of carbonyl (C=O) groups excluding carboxylic acids is 3. The number of aromatic nitrogens is 1. The van der Waals surface area contributed by atoms with Crippen LogP contribution in [0.2, 0.25) is 0 Å². The molecule has 1 N–H and O–H groups in total. The molecule has 204 valence electrons. The Kier molecular flexibility index (Phi) is 13.3. The molecule has 37 heavy (non-hydrogen) atoms. The fraction of sp³-hybridized carbons (Fsp3) is 0.536. The summed E-state index contributed by atoms with van der Waals surface area (Å²) in [5.41, 5.74) is 2.21. The van der Waals surface area contributed by atoms with Gasteiger partial charge in [0.05, 0.1) is 13.2 Å². The van der Waals surface area contributed by atoms with E-state index in [2.05, 4.69) is 58.7 Å². The van der Waals surface area contributed by atoms with Gasteiger partial charge in [0, 0.05) is 36.0 Å². The van der Waals surface area contributed by atoms with Crippen LogP contribution in [-0.2, 0) is 27.4 Å². The lowest BCUT2D eigenvalue weighted by Crippen LogP contribution is -2.48. The van der Waals surface area contributed by atoms with Crippen molar-refractivity contribution >= 4 is 33.8 Å². The quantitative estimate of drug-likeness (QED) is 0.301. The summed E-state index contributed by atoms with van der Waals surface area (Å²) in [6.45, 7) is 10.2. The number of esters is 1. The van der Waals surface area contributed by atoms with Gasteiger partial charge in [0.15, 0.2) is 0 Å². The van der Waals surface area contributed by atoms with Crippen LogP contribution in [0.25, 0.3) is 0 Å². The van der Waals surface area contributed by atoms with Crippen molar-refractivity contribution in [2.75, 3.05) is 32.8 Å². The summed E-state index contributed by atoms with van der Waals surface area (Å²) in [6.07, 6.45) is 4.61. The highest BCUT2D eigenvalue weighted by Crippen LogP contribution is 2.15. The molecule has 2 aromatic rings. The molecule has 0 saturated carbocycles. The number of carbonyl (C=O) groups is 3. The second kappa shape index (κ2) is 16.1. The number of nitrogens with one attached hydrogen (secondary N) is 1. The first-order chi connectivity index (χ1) is 17.7. The molecule has 1 aromatic carbocycles. The lowest BCUT2D eigenvalue weighted by molar-refractivity contribution is -0.141. The number of urea groups is 1. The molecule has 0 spiro atoms. The molecule has 0 aliphatic rings. The Bertz CT molecular complexity index is 990. The number of rotatable bonds is 15. The molecular weight excluding hydrogens is 536 g/mol. The molecule has 0 fully saturated rings. The minimum Gasteiger partial charge on any atom is -0.465 e. The number of unbranched alkanes of at least 4 members (excludes halogenated alkanes) is 1. The first kappa shape index (κ1) is 30.4. The average molecular weight is 578 g/mol. The van der Waals surface area contributed by atoms with Crippen LogP contribution in [0.1, 0.15) is 58.2 Å². The number of benzene rings is 1. The van der Waals surface area contributed by atoms with Gasteiger partial charge in [0.25, 0.3) is 0 Å². The number of hydrogen-bond acceptors (Lipinski definition) is 4. The first-order valence-electron chi connectivity index (χ1n) is 13.1. The lowest BCUT2D eigenvalue weighted by Gasteiger charge is -2.28. The lowest BCUT2D eigenvalue weighted by atomic mass is 10.1. The van der Waals surface area contributed by atoms with Crippen LogP contribution in [0.3, 0.4) is 0 Å². The molecule has 0 bridgehead atoms. The molecule has 0 atom stereocenters. The van der Waals surface area contributed by atoms with Gasteiger partial charge in [-0.15, -0.1) is 0 Å². The molecular formula is C28H41BrN4O4. The van der Waals surface area contributed by atoms with E-state index >= 15 is 0 Å². The van der Waals surface area contributed by atoms with Crippen LogP contribution in [0, 0.1) is 5.92 Å². The number of nitrogens with zero attached hydrogens (tertiary/aromatic N) is 3. The third-order valence-corrected chi connectivity index (χ3v) is 6.48. The van der Waals surface area contributed by atoms with E-state index in [9.17, 15) is 14.4 Å². The summed E-state index contributed by atoms with van der Waals surface area (Å²) in [6, 6.07) is 11.8. The molecule has 0 aliphatic carbocycles. The van der Waals surface area contributed by atoms with Crippen molar-refractivity contribution in [2.24, 2.45) is 5.92 Å². The molecule has 2 rings (SSSR count). The van der Waals surface area contributed by atoms with Crippen LogP contribution < -0.4 is 5.32 Å². The largest absolute Gasteiger partial charge is 0.465 e. The van der Waals surface area contributed by atoms with E-state index in [0.717, 1.165) is 29.4 Å². The molecule has 9 heteroatoms. The van der Waals surface area contributed by atoms with Crippen molar-refractivity contribution in [1.82, 2.24) is 19.7 Å². The maximum absolute atomic E-state index is 13.5. The zero-order chi connectivity index (χ0) is 27.2. The predicted molar refractivity (Wildman–Crippen MR) is 149 cm³/mol. The first-order valence-corrected chi connectivity index (χ1v) is 13.9. The van der Waals surface area contributed by atoms with E-state index in [1.165, 1.54) is 10.5 Å². The van der Waals surface area contributed by atoms with E-state index in [0.29, 0.717) is 32.1 Å². The van der Waals surface area contributed by atoms with Crippen molar-refractivity contribution in [2.45, 2.75) is 60.0 Å². The van der Waals surface area contributed by atoms with Gasteiger partial charge in [-0.2, -0.15) is 0 Å². The van der Waals surface area contributed by atoms with Gasteiger partial charge in [-0.05, 0) is 55.5 Å². The number of hydrogen-bond donors (Lipinski definition) is 1. The summed E-state index contributed by atoms with van der Waals surface area (Å²) in [5, 5.41) is 2.60. The zero-order valence-corrected chi connectivity index (χ0v) is 24.1. The van der Waals surface area contributed by atoms with Crippen molar-refractivity contribution in [1.29, 1.82) is 0 Å². The smallest absolute Gasteiger partial charge is 0.325 e. The molecule has 0 unspecified atom stereocenters. The van der Waals surface area contributed by atoms with Crippen LogP contribution >= 0.6 is 15.9 Å². The second-order valence-electron chi connectivity index (χ2n) is 9.49. The monoisotopic (exact) mass is 576 g/mol. The second-order valence-corrected chi connectivity index (χ2v) is 10.4. The molecule has 0 saturated heterocycles. The minimum absolute atomic E-state index is 0.0431. The van der Waals surface area contributed by atoms with E-state index in [-0.39, 0.29) is 25.6 Å². The van der Waals surface area contributed by atoms with Crippen molar-refractivity contribution in [3.63, 3.8) is 0 Å². The van der Waals surface area contributed by atoms with Gasteiger partial charge >= 0.3 is 12.0 Å². The van der Waals surface area contributed by atoms with Crippen molar-refractivity contribution in [3.8, 4) is 0 Å². The fourth-order valence-corrected chi connectivity index (χ4v) is 4.04. The summed E-state index contributed by atoms with van der Waals surface area (Å²) >= 11 is 3.48. The minimum atomic E-state index is -0.498. The Morgan fingerprint density at radius 1 is 1.05 bits per heavy atom. The topological polar surface area (TPSA) is 83.9 Å². The highest BCUT2D eigenvalue weighted by Gasteiger charge is 2.23. The standard InChI is InChI=1S/C28H41BrN4O4/c1-5-7-15-32(20-25-9-8-16-31(25)19-23-10-12-24(29)13-11-23)26(34)21-33(17-14-22(3)4)28(36)30-18-27(35)37-6-2/h8-13,16,22H,5-7,14-15,17-21H2,1-4H3,(H,30,36). The van der Waals surface area contributed by atoms with Crippen LogP contribution in [0.5, 0.6) is 0 Å². The third kappa shape index (κ3) is 11.0. The van der Waals surface area contributed by atoms with Crippen LogP contribution in [0.4, 0.5) is 4.79 Å². The van der Waals surface area contributed by atoms with E-state index < -0.39 is 12.0 Å². The predicted octanol–water partition coefficient (Wildman–Crippen LogP) is 5.05. The maximum Gasteiger partial charge on any atom is 0.325 e. The van der Waals surface area contributed by atoms with Gasteiger partial charge in [0.2, 0.25) is 5.91 Å². The summed E-state index contributed by atoms with van der Waals surface area (Å²) < 4.78 is 8.09. The normalized spacial score (nSPS) is 10.9. The summed E-state index contributed by atoms with van der Waals surface area (Å²) in [5.74, 6) is -0.240. The fourth-order valence-electron chi connectivity index (χ4n) is 3.77. The molecule has 8 nitrogen and oxygen atoms in total. The van der Waals surface area contributed by atoms with Gasteiger partial charge < -0.3 is 24.4 Å². The Morgan fingerprint density at radius 3 is 2.43 bits per heavy atom. The number of ether oxygens (including phenoxy) is 1. The molecule has 3 amide bonds. The van der Waals surface area contributed by atoms with E-state index in [1.807, 2.05) is 35.4 Å². The van der Waals surface area contributed by atoms with Crippen LogP contribution in [0.15, 0.2) is 47.1 Å². The highest BCUT2D eigenvalue weighted by molar-refractivity contribution is 9.10. The van der Waals surface area contributed by atoms with Gasteiger partial charge in [-0.1, -0.05) is 55.3 Å². The molecule has 1 aromatic heterocycles. The van der Waals surface area contributed by atoms with E-state index in [1.54, 1.807) is 6.92 Å². The SMILES string of the molecule is CCCCN(Cc1cccn1Cc1ccc(Br)cc1)C(=O)CN(CCC(C)C)C(=O)NCC(=O)OCC. The molecule has 0 radical (unpaired) electrons. The number of halogens is 1. The third-order valence-electron chi connectivity index (χ3n) is 5.96. The highest BCUT2D eigenvalue weighted by atomic mass is 79.9. The summed E-state index contributed by atoms with van der Waals surface area (Å²) in [7, 11) is 0. The van der Waals surface area contributed by atoms with Crippen LogP contribution in [-0.4, -0.2) is 65.1 Å².